The summed E-state index contributed by atoms with van der Waals surface area (Å²) in [6.45, 7) is 4.46. The molecule has 3 heterocycles. The van der Waals surface area contributed by atoms with Crippen LogP contribution in [-0.4, -0.2) is 42.7 Å². The highest BCUT2D eigenvalue weighted by Crippen LogP contribution is 2.26. The first-order valence-electron chi connectivity index (χ1n) is 7.03. The Balaban J connectivity index is 1.68. The molecule has 0 spiro atoms. The number of hydrogen-bond donors (Lipinski definition) is 1. The normalized spacial score (nSPS) is 17.6. The number of hydrogen-bond acceptors (Lipinski definition) is 5. The molecule has 6 heteroatoms. The van der Waals surface area contributed by atoms with E-state index in [0.717, 1.165) is 43.1 Å². The molecule has 1 saturated heterocycles. The fourth-order valence-electron chi connectivity index (χ4n) is 2.46. The minimum absolute atomic E-state index is 0.374. The maximum atomic E-state index is 5.47. The van der Waals surface area contributed by atoms with Crippen LogP contribution in [0.4, 0.5) is 5.82 Å². The summed E-state index contributed by atoms with van der Waals surface area (Å²) in [6.07, 6.45) is 1.82. The number of ether oxygens (including phenoxy) is 1. The molecule has 2 aromatic rings. The quantitative estimate of drug-likeness (QED) is 0.878. The van der Waals surface area contributed by atoms with E-state index in [9.17, 15) is 0 Å². The van der Waals surface area contributed by atoms with E-state index < -0.39 is 0 Å². The van der Waals surface area contributed by atoms with Gasteiger partial charge >= 0.3 is 0 Å². The van der Waals surface area contributed by atoms with Gasteiger partial charge in [-0.25, -0.2) is 4.98 Å². The van der Waals surface area contributed by atoms with Crippen LogP contribution in [0, 0.1) is 0 Å². The Morgan fingerprint density at radius 3 is 2.86 bits per heavy atom. The third kappa shape index (κ3) is 4.03. The first-order chi connectivity index (χ1) is 10.3. The van der Waals surface area contributed by atoms with Crippen molar-refractivity contribution in [1.82, 2.24) is 9.88 Å². The smallest absolute Gasteiger partial charge is 0.126 e. The van der Waals surface area contributed by atoms with Crippen molar-refractivity contribution in [3.8, 4) is 0 Å². The Morgan fingerprint density at radius 2 is 2.19 bits per heavy atom. The second kappa shape index (κ2) is 7.35. The van der Waals surface area contributed by atoms with Gasteiger partial charge in [-0.15, -0.1) is 11.3 Å². The molecule has 112 valence electrons. The molecular weight excluding hydrogens is 350 g/mol. The van der Waals surface area contributed by atoms with Crippen molar-refractivity contribution < 1.29 is 4.74 Å². The number of pyridine rings is 1. The number of aromatic nitrogens is 1. The molecule has 0 aliphatic carbocycles. The highest BCUT2D eigenvalue weighted by atomic mass is 79.9. The molecule has 0 bridgehead atoms. The Bertz CT molecular complexity index is 541. The number of anilines is 1. The zero-order valence-electron chi connectivity index (χ0n) is 11.7. The van der Waals surface area contributed by atoms with Crippen molar-refractivity contribution in [3.63, 3.8) is 0 Å². The molecule has 1 fully saturated rings. The third-order valence-corrected chi connectivity index (χ3v) is 5.00. The standard InChI is InChI=1S/C15H18BrN3OS/c16-12-3-4-15(17-10-12)18-11-13(14-2-1-9-21-14)19-5-7-20-8-6-19/h1-4,9-10,13H,5-8,11H2,(H,17,18). The Kier molecular flexibility index (Phi) is 5.24. The van der Waals surface area contributed by atoms with Crippen LogP contribution in [0.25, 0.3) is 0 Å². The van der Waals surface area contributed by atoms with E-state index >= 15 is 0 Å². The van der Waals surface area contributed by atoms with E-state index in [4.69, 9.17) is 4.74 Å². The van der Waals surface area contributed by atoms with E-state index in [1.54, 1.807) is 0 Å². The van der Waals surface area contributed by atoms with Crippen molar-refractivity contribution in [2.45, 2.75) is 6.04 Å². The zero-order chi connectivity index (χ0) is 14.5. The lowest BCUT2D eigenvalue weighted by atomic mass is 10.2. The van der Waals surface area contributed by atoms with Crippen LogP contribution in [0.3, 0.4) is 0 Å². The van der Waals surface area contributed by atoms with Gasteiger partial charge in [-0.3, -0.25) is 4.90 Å². The molecule has 0 amide bonds. The highest BCUT2D eigenvalue weighted by molar-refractivity contribution is 9.10. The van der Waals surface area contributed by atoms with Crippen molar-refractivity contribution >= 4 is 33.1 Å². The summed E-state index contributed by atoms with van der Waals surface area (Å²) in [4.78, 5) is 8.26. The van der Waals surface area contributed by atoms with Crippen LogP contribution < -0.4 is 5.32 Å². The summed E-state index contributed by atoms with van der Waals surface area (Å²) in [7, 11) is 0. The van der Waals surface area contributed by atoms with Gasteiger partial charge in [-0.1, -0.05) is 6.07 Å². The van der Waals surface area contributed by atoms with Crippen molar-refractivity contribution in [2.75, 3.05) is 38.2 Å². The summed E-state index contributed by atoms with van der Waals surface area (Å²) in [5.41, 5.74) is 0. The number of morpholine rings is 1. The van der Waals surface area contributed by atoms with Gasteiger partial charge < -0.3 is 10.1 Å². The summed E-state index contributed by atoms with van der Waals surface area (Å²) >= 11 is 5.22. The minimum atomic E-state index is 0.374. The first-order valence-corrected chi connectivity index (χ1v) is 8.71. The molecule has 1 unspecified atom stereocenters. The molecule has 4 nitrogen and oxygen atoms in total. The van der Waals surface area contributed by atoms with Gasteiger partial charge in [0.25, 0.3) is 0 Å². The molecule has 0 saturated carbocycles. The molecule has 1 N–H and O–H groups in total. The molecule has 21 heavy (non-hydrogen) atoms. The maximum Gasteiger partial charge on any atom is 0.126 e. The van der Waals surface area contributed by atoms with E-state index in [2.05, 4.69) is 48.6 Å². The first kappa shape index (κ1) is 15.0. The Hall–Kier alpha value is -0.950. The van der Waals surface area contributed by atoms with E-state index in [-0.39, 0.29) is 0 Å². The average molecular weight is 368 g/mol. The zero-order valence-corrected chi connectivity index (χ0v) is 14.1. The van der Waals surface area contributed by atoms with Crippen molar-refractivity contribution in [3.05, 3.63) is 45.2 Å². The van der Waals surface area contributed by atoms with Crippen molar-refractivity contribution in [1.29, 1.82) is 0 Å². The predicted molar refractivity (Wildman–Crippen MR) is 89.9 cm³/mol. The number of nitrogens with zero attached hydrogens (tertiary/aromatic N) is 2. The van der Waals surface area contributed by atoms with Gasteiger partial charge in [-0.2, -0.15) is 0 Å². The van der Waals surface area contributed by atoms with Crippen LogP contribution in [0.15, 0.2) is 40.3 Å². The predicted octanol–water partition coefficient (Wildman–Crippen LogP) is 3.39. The lowest BCUT2D eigenvalue weighted by Gasteiger charge is -2.34. The number of rotatable bonds is 5. The van der Waals surface area contributed by atoms with E-state index in [1.165, 1.54) is 4.88 Å². The molecule has 1 aliphatic rings. The largest absolute Gasteiger partial charge is 0.379 e. The Labute approximate surface area is 137 Å². The van der Waals surface area contributed by atoms with Gasteiger partial charge in [0, 0.05) is 35.2 Å². The van der Waals surface area contributed by atoms with Crippen LogP contribution in [0.5, 0.6) is 0 Å². The van der Waals surface area contributed by atoms with Gasteiger partial charge in [0.15, 0.2) is 0 Å². The number of halogens is 1. The molecule has 0 radical (unpaired) electrons. The molecule has 1 atom stereocenters. The molecular formula is C15H18BrN3OS. The van der Waals surface area contributed by atoms with Crippen LogP contribution in [-0.2, 0) is 4.74 Å². The molecule has 0 aromatic carbocycles. The molecule has 3 rings (SSSR count). The van der Waals surface area contributed by atoms with Gasteiger partial charge in [0.2, 0.25) is 0 Å². The SMILES string of the molecule is Brc1ccc(NCC(c2cccs2)N2CCOCC2)nc1. The average Bonchev–Trinajstić information content (AvgIpc) is 3.05. The fraction of sp³-hybridized carbons (Fsp3) is 0.400. The second-order valence-corrected chi connectivity index (χ2v) is 6.82. The third-order valence-electron chi connectivity index (χ3n) is 3.56. The molecule has 1 aliphatic heterocycles. The second-order valence-electron chi connectivity index (χ2n) is 4.92. The summed E-state index contributed by atoms with van der Waals surface area (Å²) in [5, 5.41) is 5.59. The van der Waals surface area contributed by atoms with Gasteiger partial charge in [0.05, 0.1) is 19.3 Å². The highest BCUT2D eigenvalue weighted by Gasteiger charge is 2.23. The number of nitrogens with one attached hydrogen (secondary N) is 1. The fourth-order valence-corrected chi connectivity index (χ4v) is 3.56. The Morgan fingerprint density at radius 1 is 1.33 bits per heavy atom. The van der Waals surface area contributed by atoms with Crippen LogP contribution in [0.1, 0.15) is 10.9 Å². The summed E-state index contributed by atoms with van der Waals surface area (Å²) in [5.74, 6) is 0.910. The van der Waals surface area contributed by atoms with Gasteiger partial charge in [-0.05, 0) is 39.5 Å². The summed E-state index contributed by atoms with van der Waals surface area (Å²) < 4.78 is 6.46. The summed E-state index contributed by atoms with van der Waals surface area (Å²) in [6, 6.07) is 8.70. The maximum absolute atomic E-state index is 5.47. The minimum Gasteiger partial charge on any atom is -0.379 e. The molecule has 2 aromatic heterocycles. The lowest BCUT2D eigenvalue weighted by Crippen LogP contribution is -2.41. The van der Waals surface area contributed by atoms with E-state index in [1.807, 2.05) is 29.7 Å². The lowest BCUT2D eigenvalue weighted by molar-refractivity contribution is 0.0194. The topological polar surface area (TPSA) is 37.4 Å². The van der Waals surface area contributed by atoms with Crippen LogP contribution in [0.2, 0.25) is 0 Å². The monoisotopic (exact) mass is 367 g/mol. The van der Waals surface area contributed by atoms with Crippen LogP contribution >= 0.6 is 27.3 Å². The van der Waals surface area contributed by atoms with Crippen molar-refractivity contribution in [2.24, 2.45) is 0 Å². The van der Waals surface area contributed by atoms with Gasteiger partial charge in [0.1, 0.15) is 5.82 Å². The van der Waals surface area contributed by atoms with E-state index in [0.29, 0.717) is 6.04 Å². The number of thiophene rings is 1.